The van der Waals surface area contributed by atoms with Crippen LogP contribution in [0.1, 0.15) is 0 Å². The molecule has 1 nitrogen and oxygen atoms in total. The molecule has 0 unspecified atom stereocenters. The minimum absolute atomic E-state index is 1.06. The Bertz CT molecular complexity index is 263. The van der Waals surface area contributed by atoms with Gasteiger partial charge in [-0.25, -0.2) is 0 Å². The molecule has 0 N–H and O–H groups in total. The van der Waals surface area contributed by atoms with Crippen molar-refractivity contribution in [2.24, 2.45) is 0 Å². The first-order chi connectivity index (χ1) is 5.55. The van der Waals surface area contributed by atoms with Crippen molar-refractivity contribution >= 4 is 17.7 Å². The van der Waals surface area contributed by atoms with Crippen LogP contribution in [0.2, 0.25) is 17.3 Å². The number of para-hydroxylation sites is 1. The number of hydrogen-bond donors (Lipinski definition) is 0. The van der Waals surface area contributed by atoms with Crippen LogP contribution in [0, 0.1) is 0 Å². The van der Waals surface area contributed by atoms with E-state index < -0.39 is 13.3 Å². The van der Waals surface area contributed by atoms with Crippen LogP contribution in [0.15, 0.2) is 24.3 Å². The predicted molar refractivity (Wildman–Crippen MR) is 56.0 cm³/mol. The van der Waals surface area contributed by atoms with E-state index in [1.165, 1.54) is 4.40 Å². The Kier molecular flexibility index (Phi) is 2.83. The van der Waals surface area contributed by atoms with E-state index in [0.717, 1.165) is 5.75 Å². The average molecular weight is 225 g/mol. The molecular formula is C10H16GeO. The molecule has 1 aromatic rings. The van der Waals surface area contributed by atoms with E-state index in [2.05, 4.69) is 29.4 Å². The summed E-state index contributed by atoms with van der Waals surface area (Å²) < 4.78 is 6.76. The third-order valence-electron chi connectivity index (χ3n) is 1.91. The molecule has 66 valence electrons. The van der Waals surface area contributed by atoms with Crippen LogP contribution in [-0.2, 0) is 0 Å². The van der Waals surface area contributed by atoms with Crippen molar-refractivity contribution in [3.05, 3.63) is 24.3 Å². The number of ether oxygens (including phenoxy) is 1. The summed E-state index contributed by atoms with van der Waals surface area (Å²) in [6, 6.07) is 8.36. The first-order valence-corrected chi connectivity index (χ1v) is 11.5. The Morgan fingerprint density at radius 1 is 1.08 bits per heavy atom. The van der Waals surface area contributed by atoms with Crippen LogP contribution < -0.4 is 9.13 Å². The van der Waals surface area contributed by atoms with Crippen LogP contribution in [-0.4, -0.2) is 20.4 Å². The van der Waals surface area contributed by atoms with Crippen molar-refractivity contribution in [3.8, 4) is 5.75 Å². The normalized spacial score (nSPS) is 11.3. The van der Waals surface area contributed by atoms with Gasteiger partial charge in [0.2, 0.25) is 0 Å². The fourth-order valence-electron chi connectivity index (χ4n) is 1.26. The number of benzene rings is 1. The Morgan fingerprint density at radius 2 is 1.67 bits per heavy atom. The van der Waals surface area contributed by atoms with Gasteiger partial charge in [-0.3, -0.25) is 0 Å². The van der Waals surface area contributed by atoms with E-state index in [4.69, 9.17) is 4.74 Å². The first kappa shape index (κ1) is 9.65. The van der Waals surface area contributed by atoms with Crippen LogP contribution >= 0.6 is 0 Å². The number of methoxy groups -OCH3 is 1. The molecule has 0 aromatic heterocycles. The second-order valence-electron chi connectivity index (χ2n) is 3.95. The summed E-state index contributed by atoms with van der Waals surface area (Å²) in [6.45, 7) is 0. The maximum absolute atomic E-state index is 5.32. The molecule has 0 spiro atoms. The fourth-order valence-corrected chi connectivity index (χ4v) is 4.46. The second kappa shape index (κ2) is 3.52. The molecule has 1 aromatic carbocycles. The Labute approximate surface area is 77.1 Å². The van der Waals surface area contributed by atoms with Gasteiger partial charge in [-0.1, -0.05) is 0 Å². The van der Waals surface area contributed by atoms with Gasteiger partial charge in [0.1, 0.15) is 0 Å². The zero-order valence-corrected chi connectivity index (χ0v) is 10.3. The van der Waals surface area contributed by atoms with Crippen molar-refractivity contribution in [1.82, 2.24) is 0 Å². The van der Waals surface area contributed by atoms with E-state index >= 15 is 0 Å². The SMILES string of the molecule is COc1cccc[c]1[Ge]([CH3])([CH3])[CH3]. The van der Waals surface area contributed by atoms with Gasteiger partial charge < -0.3 is 0 Å². The molecule has 0 radical (unpaired) electrons. The second-order valence-corrected chi connectivity index (χ2v) is 14.5. The summed E-state index contributed by atoms with van der Waals surface area (Å²) in [7, 11) is 1.74. The van der Waals surface area contributed by atoms with E-state index in [-0.39, 0.29) is 0 Å². The van der Waals surface area contributed by atoms with Crippen molar-refractivity contribution in [2.75, 3.05) is 7.11 Å². The molecule has 0 saturated carbocycles. The minimum atomic E-state index is -1.71. The van der Waals surface area contributed by atoms with Crippen molar-refractivity contribution in [2.45, 2.75) is 17.3 Å². The molecule has 0 fully saturated rings. The summed E-state index contributed by atoms with van der Waals surface area (Å²) in [5.41, 5.74) is 0. The Hall–Kier alpha value is -0.437. The van der Waals surface area contributed by atoms with Crippen molar-refractivity contribution < 1.29 is 4.74 Å². The van der Waals surface area contributed by atoms with Gasteiger partial charge in [-0.05, 0) is 0 Å². The molecule has 0 bridgehead atoms. The summed E-state index contributed by atoms with van der Waals surface area (Å²) in [6.07, 6.45) is 0. The van der Waals surface area contributed by atoms with Gasteiger partial charge in [0.05, 0.1) is 0 Å². The summed E-state index contributed by atoms with van der Waals surface area (Å²) in [5, 5.41) is 0. The van der Waals surface area contributed by atoms with E-state index in [1.54, 1.807) is 7.11 Å². The average Bonchev–Trinajstić information content (AvgIpc) is 2.03. The molecular weight excluding hydrogens is 209 g/mol. The van der Waals surface area contributed by atoms with Crippen LogP contribution in [0.4, 0.5) is 0 Å². The number of hydrogen-bond acceptors (Lipinski definition) is 1. The standard InChI is InChI=1S/C10H16GeO/c1-11(2,3)9-7-5-6-8-10(9)12-4/h5-8H,1-4H3. The quantitative estimate of drug-likeness (QED) is 0.701. The third kappa shape index (κ3) is 2.03. The molecule has 0 aliphatic carbocycles. The van der Waals surface area contributed by atoms with E-state index in [9.17, 15) is 0 Å². The van der Waals surface area contributed by atoms with Gasteiger partial charge in [0, 0.05) is 0 Å². The van der Waals surface area contributed by atoms with E-state index in [0.29, 0.717) is 0 Å². The Morgan fingerprint density at radius 3 is 2.08 bits per heavy atom. The van der Waals surface area contributed by atoms with Crippen LogP contribution in [0.25, 0.3) is 0 Å². The molecule has 0 heterocycles. The zero-order chi connectivity index (χ0) is 9.19. The molecule has 0 saturated heterocycles. The van der Waals surface area contributed by atoms with Gasteiger partial charge >= 0.3 is 76.8 Å². The van der Waals surface area contributed by atoms with Gasteiger partial charge in [0.15, 0.2) is 0 Å². The third-order valence-corrected chi connectivity index (χ3v) is 6.17. The van der Waals surface area contributed by atoms with Crippen LogP contribution in [0.3, 0.4) is 0 Å². The predicted octanol–water partition coefficient (Wildman–Crippen LogP) is 2.24. The topological polar surface area (TPSA) is 9.23 Å². The fraction of sp³-hybridized carbons (Fsp3) is 0.400. The molecule has 1 rings (SSSR count). The summed E-state index contributed by atoms with van der Waals surface area (Å²) in [5.74, 6) is 8.18. The molecule has 12 heavy (non-hydrogen) atoms. The maximum atomic E-state index is 5.32. The zero-order valence-electron chi connectivity index (χ0n) is 8.22. The molecule has 0 amide bonds. The van der Waals surface area contributed by atoms with Crippen molar-refractivity contribution in [3.63, 3.8) is 0 Å². The molecule has 2 heteroatoms. The van der Waals surface area contributed by atoms with Gasteiger partial charge in [0.25, 0.3) is 0 Å². The Balaban J connectivity index is 3.14. The monoisotopic (exact) mass is 226 g/mol. The van der Waals surface area contributed by atoms with Crippen LogP contribution in [0.5, 0.6) is 5.75 Å². The molecule has 0 aliphatic rings. The first-order valence-electron chi connectivity index (χ1n) is 4.19. The van der Waals surface area contributed by atoms with E-state index in [1.807, 2.05) is 12.1 Å². The number of rotatable bonds is 2. The van der Waals surface area contributed by atoms with Gasteiger partial charge in [-0.15, -0.1) is 0 Å². The molecule has 0 atom stereocenters. The summed E-state index contributed by atoms with van der Waals surface area (Å²) >= 11 is -1.71. The molecule has 0 aliphatic heterocycles. The van der Waals surface area contributed by atoms with Crippen molar-refractivity contribution in [1.29, 1.82) is 0 Å². The van der Waals surface area contributed by atoms with Gasteiger partial charge in [-0.2, -0.15) is 0 Å². The summed E-state index contributed by atoms with van der Waals surface area (Å²) in [4.78, 5) is 0.